The van der Waals surface area contributed by atoms with Crippen molar-refractivity contribution in [3.8, 4) is 0 Å². The molecule has 0 radical (unpaired) electrons. The molecule has 1 aromatic heterocycles. The molecule has 1 aliphatic heterocycles. The van der Waals surface area contributed by atoms with Crippen LogP contribution >= 0.6 is 11.8 Å². The molecule has 0 aliphatic carbocycles. The van der Waals surface area contributed by atoms with E-state index >= 15 is 0 Å². The Labute approximate surface area is 114 Å². The zero-order chi connectivity index (χ0) is 12.8. The van der Waals surface area contributed by atoms with Crippen LogP contribution in [0.3, 0.4) is 0 Å². The third-order valence-electron chi connectivity index (χ3n) is 3.49. The van der Waals surface area contributed by atoms with E-state index in [1.165, 1.54) is 22.6 Å². The number of H-pyrrole nitrogens is 1. The maximum absolute atomic E-state index is 13.2. The first-order valence-corrected chi connectivity index (χ1v) is 7.17. The van der Waals surface area contributed by atoms with Gasteiger partial charge in [-0.3, -0.25) is 0 Å². The van der Waals surface area contributed by atoms with E-state index in [2.05, 4.69) is 34.2 Å². The number of nitrogens with zero attached hydrogens (tertiary/aromatic N) is 1. The van der Waals surface area contributed by atoms with Gasteiger partial charge in [0, 0.05) is 10.6 Å². The molecule has 1 unspecified atom stereocenters. The summed E-state index contributed by atoms with van der Waals surface area (Å²) in [6.45, 7) is 0. The Hall–Kier alpha value is -1.81. The van der Waals surface area contributed by atoms with Crippen molar-refractivity contribution in [2.75, 3.05) is 5.75 Å². The van der Waals surface area contributed by atoms with Crippen LogP contribution in [0.5, 0.6) is 0 Å². The van der Waals surface area contributed by atoms with Crippen molar-refractivity contribution in [2.45, 2.75) is 10.8 Å². The van der Waals surface area contributed by atoms with E-state index in [0.29, 0.717) is 0 Å². The van der Waals surface area contributed by atoms with E-state index < -0.39 is 0 Å². The lowest BCUT2D eigenvalue weighted by Gasteiger charge is -2.06. The molecule has 19 heavy (non-hydrogen) atoms. The van der Waals surface area contributed by atoms with E-state index in [-0.39, 0.29) is 11.7 Å². The second-order valence-electron chi connectivity index (χ2n) is 4.68. The van der Waals surface area contributed by atoms with Gasteiger partial charge in [0.15, 0.2) is 0 Å². The monoisotopic (exact) mass is 270 g/mol. The summed E-state index contributed by atoms with van der Waals surface area (Å²) in [5.41, 5.74) is 2.90. The minimum atomic E-state index is -0.233. The Morgan fingerprint density at radius 1 is 1.21 bits per heavy atom. The molecule has 2 nitrogen and oxygen atoms in total. The van der Waals surface area contributed by atoms with Gasteiger partial charge in [-0.1, -0.05) is 18.2 Å². The number of halogens is 1. The van der Waals surface area contributed by atoms with Gasteiger partial charge in [0.2, 0.25) is 0 Å². The molecule has 0 bridgehead atoms. The topological polar surface area (TPSA) is 28.7 Å². The fourth-order valence-corrected chi connectivity index (χ4v) is 3.79. The van der Waals surface area contributed by atoms with Gasteiger partial charge in [-0.25, -0.2) is 9.37 Å². The second kappa shape index (κ2) is 4.10. The molecule has 3 aromatic rings. The van der Waals surface area contributed by atoms with Gasteiger partial charge in [0.05, 0.1) is 17.0 Å². The van der Waals surface area contributed by atoms with Crippen molar-refractivity contribution in [2.24, 2.45) is 0 Å². The molecule has 94 valence electrons. The van der Waals surface area contributed by atoms with Crippen molar-refractivity contribution in [1.29, 1.82) is 0 Å². The Balaban J connectivity index is 1.83. The van der Waals surface area contributed by atoms with Gasteiger partial charge >= 0.3 is 0 Å². The zero-order valence-electron chi connectivity index (χ0n) is 10.1. The third-order valence-corrected chi connectivity index (χ3v) is 4.68. The van der Waals surface area contributed by atoms with Crippen LogP contribution < -0.4 is 0 Å². The standard InChI is InChI=1S/C15H11FN2S/c16-9-5-6-12-13(7-9)18-15(17-12)11-8-19-14-4-2-1-3-10(11)14/h1-7,11H,8H2,(H,17,18). The van der Waals surface area contributed by atoms with Gasteiger partial charge in [-0.05, 0) is 29.8 Å². The zero-order valence-corrected chi connectivity index (χ0v) is 10.9. The van der Waals surface area contributed by atoms with Crippen LogP contribution in [0.15, 0.2) is 47.4 Å². The van der Waals surface area contributed by atoms with E-state index in [0.717, 1.165) is 22.6 Å². The number of fused-ring (bicyclic) bond motifs is 2. The normalized spacial score (nSPS) is 17.8. The highest BCUT2D eigenvalue weighted by atomic mass is 32.2. The molecule has 0 spiro atoms. The third kappa shape index (κ3) is 1.75. The number of hydrogen-bond donors (Lipinski definition) is 1. The van der Waals surface area contributed by atoms with Crippen molar-refractivity contribution >= 4 is 22.8 Å². The summed E-state index contributed by atoms with van der Waals surface area (Å²) in [6.07, 6.45) is 0. The van der Waals surface area contributed by atoms with Crippen molar-refractivity contribution in [3.05, 3.63) is 59.7 Å². The van der Waals surface area contributed by atoms with Gasteiger partial charge in [0.1, 0.15) is 11.6 Å². The number of imidazole rings is 1. The lowest BCUT2D eigenvalue weighted by atomic mass is 10.0. The highest BCUT2D eigenvalue weighted by molar-refractivity contribution is 7.99. The van der Waals surface area contributed by atoms with Crippen LogP contribution in [0.25, 0.3) is 11.0 Å². The molecule has 0 saturated heterocycles. The average molecular weight is 270 g/mol. The highest BCUT2D eigenvalue weighted by Crippen LogP contribution is 2.42. The Kier molecular flexibility index (Phi) is 2.38. The molecule has 4 heteroatoms. The van der Waals surface area contributed by atoms with Crippen LogP contribution in [-0.4, -0.2) is 15.7 Å². The van der Waals surface area contributed by atoms with Crippen LogP contribution in [0.4, 0.5) is 4.39 Å². The van der Waals surface area contributed by atoms with Crippen LogP contribution in [-0.2, 0) is 0 Å². The summed E-state index contributed by atoms with van der Waals surface area (Å²) in [5.74, 6) is 1.96. The van der Waals surface area contributed by atoms with Gasteiger partial charge < -0.3 is 4.98 Å². The van der Waals surface area contributed by atoms with E-state index in [4.69, 9.17) is 0 Å². The molecule has 1 atom stereocenters. The first kappa shape index (κ1) is 11.1. The molecule has 2 heterocycles. The predicted molar refractivity (Wildman–Crippen MR) is 75.1 cm³/mol. The average Bonchev–Trinajstić information content (AvgIpc) is 3.00. The van der Waals surface area contributed by atoms with Crippen molar-refractivity contribution in [3.63, 3.8) is 0 Å². The number of aromatic nitrogens is 2. The Morgan fingerprint density at radius 3 is 3.05 bits per heavy atom. The summed E-state index contributed by atoms with van der Waals surface area (Å²) >= 11 is 1.85. The molecule has 2 aromatic carbocycles. The van der Waals surface area contributed by atoms with Gasteiger partial charge in [-0.15, -0.1) is 11.8 Å². The highest BCUT2D eigenvalue weighted by Gasteiger charge is 2.26. The largest absolute Gasteiger partial charge is 0.341 e. The minimum absolute atomic E-state index is 0.233. The van der Waals surface area contributed by atoms with E-state index in [9.17, 15) is 4.39 Å². The first-order chi connectivity index (χ1) is 9.31. The fraction of sp³-hybridized carbons (Fsp3) is 0.133. The summed E-state index contributed by atoms with van der Waals surface area (Å²) < 4.78 is 13.2. The minimum Gasteiger partial charge on any atom is -0.341 e. The predicted octanol–water partition coefficient (Wildman–Crippen LogP) is 3.94. The summed E-state index contributed by atoms with van der Waals surface area (Å²) in [5, 5.41) is 0. The van der Waals surface area contributed by atoms with Crippen molar-refractivity contribution in [1.82, 2.24) is 9.97 Å². The Bertz CT molecular complexity index is 766. The van der Waals surface area contributed by atoms with Gasteiger partial charge in [0.25, 0.3) is 0 Å². The van der Waals surface area contributed by atoms with E-state index in [1.807, 2.05) is 11.8 Å². The summed E-state index contributed by atoms with van der Waals surface area (Å²) in [6, 6.07) is 13.1. The molecule has 4 rings (SSSR count). The molecule has 0 saturated carbocycles. The smallest absolute Gasteiger partial charge is 0.125 e. The number of thioether (sulfide) groups is 1. The number of nitrogens with one attached hydrogen (secondary N) is 1. The maximum Gasteiger partial charge on any atom is 0.125 e. The summed E-state index contributed by atoms with van der Waals surface area (Å²) in [4.78, 5) is 9.17. The second-order valence-corrected chi connectivity index (χ2v) is 5.75. The van der Waals surface area contributed by atoms with Crippen LogP contribution in [0.1, 0.15) is 17.3 Å². The molecular formula is C15H11FN2S. The molecule has 1 aliphatic rings. The lowest BCUT2D eigenvalue weighted by Crippen LogP contribution is -2.01. The molecule has 1 N–H and O–H groups in total. The van der Waals surface area contributed by atoms with E-state index in [1.54, 1.807) is 6.07 Å². The molecule has 0 fully saturated rings. The fourth-order valence-electron chi connectivity index (χ4n) is 2.56. The van der Waals surface area contributed by atoms with Crippen LogP contribution in [0, 0.1) is 5.82 Å². The number of rotatable bonds is 1. The Morgan fingerprint density at radius 2 is 2.11 bits per heavy atom. The van der Waals surface area contributed by atoms with Gasteiger partial charge in [-0.2, -0.15) is 0 Å². The number of benzene rings is 2. The maximum atomic E-state index is 13.2. The first-order valence-electron chi connectivity index (χ1n) is 6.18. The molecular weight excluding hydrogens is 259 g/mol. The quantitative estimate of drug-likeness (QED) is 0.725. The van der Waals surface area contributed by atoms with Crippen molar-refractivity contribution < 1.29 is 4.39 Å². The van der Waals surface area contributed by atoms with Crippen LogP contribution in [0.2, 0.25) is 0 Å². The number of aromatic amines is 1. The lowest BCUT2D eigenvalue weighted by molar-refractivity contribution is 0.629. The summed E-state index contributed by atoms with van der Waals surface area (Å²) in [7, 11) is 0. The number of hydrogen-bond acceptors (Lipinski definition) is 2. The molecule has 0 amide bonds. The SMILES string of the molecule is Fc1ccc2nc(C3CSc4ccccc43)[nH]c2c1.